The number of Topliss-reactive ketones (excluding diaryl/α,β-unsaturated/α-hetero) is 1. The highest BCUT2D eigenvalue weighted by molar-refractivity contribution is 6.35. The number of ether oxygens (including phenoxy) is 1. The molecule has 2 fully saturated rings. The van der Waals surface area contributed by atoms with Crippen LogP contribution >= 0.6 is 0 Å². The molecule has 3 rings (SSSR count). The summed E-state index contributed by atoms with van der Waals surface area (Å²) in [5.74, 6) is -0.263. The summed E-state index contributed by atoms with van der Waals surface area (Å²) in [6.07, 6.45) is 4.26. The van der Waals surface area contributed by atoms with E-state index in [1.54, 1.807) is 4.90 Å². The van der Waals surface area contributed by atoms with Gasteiger partial charge in [-0.05, 0) is 62.7 Å². The molecule has 27 heavy (non-hydrogen) atoms. The number of aryl methyl sites for hydroxylation is 1. The molecule has 2 saturated heterocycles. The Kier molecular flexibility index (Phi) is 7.02. The van der Waals surface area contributed by atoms with Gasteiger partial charge in [-0.15, -0.1) is 0 Å². The van der Waals surface area contributed by atoms with Crippen LogP contribution in [0.2, 0.25) is 0 Å². The van der Waals surface area contributed by atoms with E-state index in [1.807, 2.05) is 0 Å². The van der Waals surface area contributed by atoms with Crippen LogP contribution in [0.4, 0.5) is 0 Å². The number of carbonyl (C=O) groups excluding carboxylic acids is 2. The first-order chi connectivity index (χ1) is 13.0. The Morgan fingerprint density at radius 2 is 1.89 bits per heavy atom. The molecule has 0 aliphatic carbocycles. The second-order valence-corrected chi connectivity index (χ2v) is 8.05. The minimum atomic E-state index is -0.370. The average molecular weight is 373 g/mol. The number of benzene rings is 1. The lowest BCUT2D eigenvalue weighted by atomic mass is 9.95. The lowest BCUT2D eigenvalue weighted by Gasteiger charge is -2.35. The van der Waals surface area contributed by atoms with Gasteiger partial charge < -0.3 is 9.64 Å². The number of carbonyl (C=O) groups is 2. The Balaban J connectivity index is 1.51. The molecule has 148 valence electrons. The minimum Gasteiger partial charge on any atom is -0.376 e. The van der Waals surface area contributed by atoms with E-state index in [-0.39, 0.29) is 17.8 Å². The molecular formula is C22H32N2O3. The first-order valence-electron chi connectivity index (χ1n) is 10.2. The number of ketones is 1. The van der Waals surface area contributed by atoms with Crippen molar-refractivity contribution in [3.8, 4) is 0 Å². The summed E-state index contributed by atoms with van der Waals surface area (Å²) in [4.78, 5) is 28.3. The largest absolute Gasteiger partial charge is 0.376 e. The number of amides is 1. The molecule has 1 aromatic carbocycles. The van der Waals surface area contributed by atoms with Crippen LogP contribution in [-0.2, 0) is 20.9 Å². The van der Waals surface area contributed by atoms with Gasteiger partial charge in [0.2, 0.25) is 5.78 Å². The second kappa shape index (κ2) is 9.47. The Labute approximate surface area is 162 Å². The van der Waals surface area contributed by atoms with Crippen molar-refractivity contribution in [2.75, 3.05) is 32.8 Å². The molecule has 0 N–H and O–H groups in total. The number of likely N-dealkylation sites (tertiary alicyclic amines) is 1. The van der Waals surface area contributed by atoms with Gasteiger partial charge in [-0.3, -0.25) is 14.5 Å². The zero-order chi connectivity index (χ0) is 19.2. The van der Waals surface area contributed by atoms with Crippen LogP contribution < -0.4 is 0 Å². The summed E-state index contributed by atoms with van der Waals surface area (Å²) in [6, 6.07) is 8.56. The second-order valence-electron chi connectivity index (χ2n) is 8.05. The third-order valence-corrected chi connectivity index (χ3v) is 5.88. The highest BCUT2D eigenvalue weighted by Gasteiger charge is 2.28. The number of hydrogen-bond acceptors (Lipinski definition) is 4. The average Bonchev–Trinajstić information content (AvgIpc) is 3.17. The van der Waals surface area contributed by atoms with Crippen molar-refractivity contribution < 1.29 is 14.3 Å². The van der Waals surface area contributed by atoms with Gasteiger partial charge in [0.05, 0.1) is 6.10 Å². The van der Waals surface area contributed by atoms with E-state index >= 15 is 0 Å². The molecule has 1 atom stereocenters. The van der Waals surface area contributed by atoms with Crippen LogP contribution in [-0.4, -0.2) is 60.4 Å². The van der Waals surface area contributed by atoms with Crippen LogP contribution in [0.15, 0.2) is 24.3 Å². The van der Waals surface area contributed by atoms with Gasteiger partial charge in [-0.1, -0.05) is 24.3 Å². The van der Waals surface area contributed by atoms with Crippen LogP contribution in [0, 0.1) is 12.8 Å². The Morgan fingerprint density at radius 3 is 2.52 bits per heavy atom. The molecule has 0 aromatic heterocycles. The first kappa shape index (κ1) is 20.0. The molecule has 2 heterocycles. The smallest absolute Gasteiger partial charge is 0.289 e. The lowest BCUT2D eigenvalue weighted by molar-refractivity contribution is -0.145. The van der Waals surface area contributed by atoms with E-state index in [1.165, 1.54) is 18.1 Å². The maximum atomic E-state index is 12.4. The molecule has 5 nitrogen and oxygen atoms in total. The summed E-state index contributed by atoms with van der Waals surface area (Å²) in [5.41, 5.74) is 2.73. The first-order valence-corrected chi connectivity index (χ1v) is 10.2. The number of piperidine rings is 1. The van der Waals surface area contributed by atoms with Crippen molar-refractivity contribution >= 4 is 11.7 Å². The Hall–Kier alpha value is -1.72. The normalized spacial score (nSPS) is 21.3. The molecule has 2 aliphatic rings. The van der Waals surface area contributed by atoms with Crippen molar-refractivity contribution in [1.82, 2.24) is 9.80 Å². The zero-order valence-corrected chi connectivity index (χ0v) is 16.7. The zero-order valence-electron chi connectivity index (χ0n) is 16.7. The predicted molar refractivity (Wildman–Crippen MR) is 105 cm³/mol. The van der Waals surface area contributed by atoms with Gasteiger partial charge >= 0.3 is 0 Å². The SMILES string of the molecule is CC(=O)C(=O)N(CC1CCN(Cc2ccccc2C)CC1)CC1CCCO1. The number of hydrogen-bond donors (Lipinski definition) is 0. The van der Waals surface area contributed by atoms with Crippen molar-refractivity contribution in [2.45, 2.75) is 52.2 Å². The summed E-state index contributed by atoms with van der Waals surface area (Å²) in [6.45, 7) is 8.61. The molecule has 0 bridgehead atoms. The van der Waals surface area contributed by atoms with Gasteiger partial charge in [0.25, 0.3) is 5.91 Å². The molecular weight excluding hydrogens is 340 g/mol. The monoisotopic (exact) mass is 372 g/mol. The van der Waals surface area contributed by atoms with Gasteiger partial charge in [-0.2, -0.15) is 0 Å². The van der Waals surface area contributed by atoms with Crippen molar-refractivity contribution in [3.63, 3.8) is 0 Å². The molecule has 5 heteroatoms. The lowest BCUT2D eigenvalue weighted by Crippen LogP contribution is -2.45. The van der Waals surface area contributed by atoms with Crippen LogP contribution in [0.25, 0.3) is 0 Å². The van der Waals surface area contributed by atoms with Gasteiger partial charge in [-0.25, -0.2) is 0 Å². The summed E-state index contributed by atoms with van der Waals surface area (Å²) in [5, 5.41) is 0. The highest BCUT2D eigenvalue weighted by atomic mass is 16.5. The molecule has 1 amide bonds. The molecule has 0 radical (unpaired) electrons. The van der Waals surface area contributed by atoms with Crippen molar-refractivity contribution in [3.05, 3.63) is 35.4 Å². The third-order valence-electron chi connectivity index (χ3n) is 5.88. The topological polar surface area (TPSA) is 49.9 Å². The van der Waals surface area contributed by atoms with Crippen LogP contribution in [0.5, 0.6) is 0 Å². The fourth-order valence-electron chi connectivity index (χ4n) is 4.16. The molecule has 1 unspecified atom stereocenters. The van der Waals surface area contributed by atoms with E-state index in [0.29, 0.717) is 19.0 Å². The Bertz CT molecular complexity index is 647. The number of nitrogens with zero attached hydrogens (tertiary/aromatic N) is 2. The van der Waals surface area contributed by atoms with E-state index in [0.717, 1.165) is 51.9 Å². The predicted octanol–water partition coefficient (Wildman–Crippen LogP) is 2.80. The van der Waals surface area contributed by atoms with E-state index in [2.05, 4.69) is 36.1 Å². The summed E-state index contributed by atoms with van der Waals surface area (Å²) >= 11 is 0. The summed E-state index contributed by atoms with van der Waals surface area (Å²) in [7, 11) is 0. The van der Waals surface area contributed by atoms with Gasteiger partial charge in [0, 0.05) is 33.2 Å². The molecule has 0 spiro atoms. The quantitative estimate of drug-likeness (QED) is 0.691. The van der Waals surface area contributed by atoms with Crippen LogP contribution in [0.3, 0.4) is 0 Å². The standard InChI is InChI=1S/C22H32N2O3/c1-17-6-3-4-7-20(17)15-23-11-9-19(10-12-23)14-24(22(26)18(2)25)16-21-8-5-13-27-21/h3-4,6-7,19,21H,5,8-16H2,1-2H3. The molecule has 1 aromatic rings. The van der Waals surface area contributed by atoms with E-state index < -0.39 is 0 Å². The number of rotatable bonds is 7. The van der Waals surface area contributed by atoms with E-state index in [4.69, 9.17) is 4.74 Å². The van der Waals surface area contributed by atoms with Crippen LogP contribution in [0.1, 0.15) is 43.7 Å². The Morgan fingerprint density at radius 1 is 1.15 bits per heavy atom. The molecule has 2 aliphatic heterocycles. The van der Waals surface area contributed by atoms with Gasteiger partial charge in [0.15, 0.2) is 0 Å². The third kappa shape index (κ3) is 5.63. The van der Waals surface area contributed by atoms with E-state index in [9.17, 15) is 9.59 Å². The van der Waals surface area contributed by atoms with Crippen molar-refractivity contribution in [2.24, 2.45) is 5.92 Å². The summed E-state index contributed by atoms with van der Waals surface area (Å²) < 4.78 is 5.68. The highest BCUT2D eigenvalue weighted by Crippen LogP contribution is 2.22. The minimum absolute atomic E-state index is 0.0921. The maximum Gasteiger partial charge on any atom is 0.289 e. The fourth-order valence-corrected chi connectivity index (χ4v) is 4.16. The van der Waals surface area contributed by atoms with Crippen molar-refractivity contribution in [1.29, 1.82) is 0 Å². The molecule has 0 saturated carbocycles. The fraction of sp³-hybridized carbons (Fsp3) is 0.636. The van der Waals surface area contributed by atoms with Gasteiger partial charge in [0.1, 0.15) is 0 Å². The maximum absolute atomic E-state index is 12.4.